The van der Waals surface area contributed by atoms with Gasteiger partial charge in [0.1, 0.15) is 5.76 Å². The van der Waals surface area contributed by atoms with Gasteiger partial charge in [0, 0.05) is 4.47 Å². The van der Waals surface area contributed by atoms with Crippen molar-refractivity contribution in [3.8, 4) is 0 Å². The number of halogens is 1. The summed E-state index contributed by atoms with van der Waals surface area (Å²) in [4.78, 5) is 0. The van der Waals surface area contributed by atoms with Crippen LogP contribution in [-0.2, 0) is 0 Å². The van der Waals surface area contributed by atoms with Gasteiger partial charge in [-0.1, -0.05) is 28.1 Å². The number of furan rings is 1. The molecule has 1 atom stereocenters. The van der Waals surface area contributed by atoms with Crippen LogP contribution in [0.1, 0.15) is 22.9 Å². The summed E-state index contributed by atoms with van der Waals surface area (Å²) in [7, 11) is 0. The molecule has 2 nitrogen and oxygen atoms in total. The molecule has 0 aliphatic rings. The highest BCUT2D eigenvalue weighted by atomic mass is 79.9. The predicted octanol–water partition coefficient (Wildman–Crippen LogP) is 3.40. The van der Waals surface area contributed by atoms with Crippen LogP contribution in [0.25, 0.3) is 0 Å². The zero-order chi connectivity index (χ0) is 10.8. The highest BCUT2D eigenvalue weighted by molar-refractivity contribution is 9.10. The molecule has 1 heterocycles. The number of aryl methyl sites for hydroxylation is 1. The average Bonchev–Trinajstić information content (AvgIpc) is 2.69. The standard InChI is InChI=1S/C12H12BrNO/c1-8-4-5-9(10(13)7-8)12(14)11-3-2-6-15-11/h2-7,12H,14H2,1H3. The lowest BCUT2D eigenvalue weighted by molar-refractivity contribution is 0.489. The van der Waals surface area contributed by atoms with Crippen molar-refractivity contribution in [2.45, 2.75) is 13.0 Å². The molecule has 0 fully saturated rings. The van der Waals surface area contributed by atoms with E-state index >= 15 is 0 Å². The first-order valence-corrected chi connectivity index (χ1v) is 5.53. The third-order valence-electron chi connectivity index (χ3n) is 2.34. The molecule has 0 bridgehead atoms. The first kappa shape index (κ1) is 10.5. The smallest absolute Gasteiger partial charge is 0.125 e. The van der Waals surface area contributed by atoms with Gasteiger partial charge in [-0.2, -0.15) is 0 Å². The lowest BCUT2D eigenvalue weighted by Crippen LogP contribution is -2.11. The molecule has 78 valence electrons. The molecule has 2 rings (SSSR count). The van der Waals surface area contributed by atoms with Crippen LogP contribution in [0.2, 0.25) is 0 Å². The summed E-state index contributed by atoms with van der Waals surface area (Å²) in [6, 6.07) is 9.64. The van der Waals surface area contributed by atoms with Gasteiger partial charge in [-0.25, -0.2) is 0 Å². The van der Waals surface area contributed by atoms with Crippen molar-refractivity contribution in [3.05, 3.63) is 58.0 Å². The second kappa shape index (κ2) is 4.21. The molecular weight excluding hydrogens is 254 g/mol. The first-order chi connectivity index (χ1) is 7.18. The van der Waals surface area contributed by atoms with Crippen LogP contribution in [0, 0.1) is 6.92 Å². The minimum absolute atomic E-state index is 0.213. The normalized spacial score (nSPS) is 12.7. The Morgan fingerprint density at radius 1 is 1.33 bits per heavy atom. The van der Waals surface area contributed by atoms with E-state index in [1.54, 1.807) is 6.26 Å². The quantitative estimate of drug-likeness (QED) is 0.904. The number of nitrogens with two attached hydrogens (primary N) is 1. The lowest BCUT2D eigenvalue weighted by atomic mass is 10.0. The Morgan fingerprint density at radius 3 is 2.73 bits per heavy atom. The Bertz CT molecular complexity index is 451. The summed E-state index contributed by atoms with van der Waals surface area (Å²) in [5.74, 6) is 0.777. The van der Waals surface area contributed by atoms with E-state index < -0.39 is 0 Å². The van der Waals surface area contributed by atoms with Crippen LogP contribution in [-0.4, -0.2) is 0 Å². The monoisotopic (exact) mass is 265 g/mol. The molecule has 0 aliphatic heterocycles. The van der Waals surface area contributed by atoms with Crippen molar-refractivity contribution in [1.29, 1.82) is 0 Å². The maximum atomic E-state index is 6.09. The van der Waals surface area contributed by atoms with E-state index in [1.807, 2.05) is 31.2 Å². The fourth-order valence-corrected chi connectivity index (χ4v) is 2.25. The maximum Gasteiger partial charge on any atom is 0.125 e. The highest BCUT2D eigenvalue weighted by Gasteiger charge is 2.14. The Labute approximate surface area is 97.2 Å². The zero-order valence-corrected chi connectivity index (χ0v) is 9.99. The van der Waals surface area contributed by atoms with Gasteiger partial charge in [0.25, 0.3) is 0 Å². The second-order valence-electron chi connectivity index (χ2n) is 3.52. The van der Waals surface area contributed by atoms with Gasteiger partial charge < -0.3 is 10.2 Å². The minimum Gasteiger partial charge on any atom is -0.467 e. The van der Waals surface area contributed by atoms with Crippen LogP contribution in [0.5, 0.6) is 0 Å². The topological polar surface area (TPSA) is 39.2 Å². The molecule has 15 heavy (non-hydrogen) atoms. The average molecular weight is 266 g/mol. The van der Waals surface area contributed by atoms with Gasteiger partial charge >= 0.3 is 0 Å². The summed E-state index contributed by atoms with van der Waals surface area (Å²) in [5, 5.41) is 0. The number of hydrogen-bond acceptors (Lipinski definition) is 2. The third kappa shape index (κ3) is 2.13. The molecular formula is C12H12BrNO. The summed E-state index contributed by atoms with van der Waals surface area (Å²) in [6.45, 7) is 2.05. The van der Waals surface area contributed by atoms with E-state index in [2.05, 4.69) is 22.0 Å². The van der Waals surface area contributed by atoms with Gasteiger partial charge in [-0.3, -0.25) is 0 Å². The Morgan fingerprint density at radius 2 is 2.13 bits per heavy atom. The molecule has 0 saturated heterocycles. The van der Waals surface area contributed by atoms with Gasteiger partial charge in [0.2, 0.25) is 0 Å². The fourth-order valence-electron chi connectivity index (χ4n) is 1.51. The summed E-state index contributed by atoms with van der Waals surface area (Å²) in [6.07, 6.45) is 1.64. The maximum absolute atomic E-state index is 6.09. The minimum atomic E-state index is -0.213. The van der Waals surface area contributed by atoms with Gasteiger partial charge in [-0.15, -0.1) is 0 Å². The van der Waals surface area contributed by atoms with Crippen molar-refractivity contribution in [2.75, 3.05) is 0 Å². The van der Waals surface area contributed by atoms with Crippen molar-refractivity contribution in [1.82, 2.24) is 0 Å². The van der Waals surface area contributed by atoms with Crippen LogP contribution < -0.4 is 5.73 Å². The van der Waals surface area contributed by atoms with Gasteiger partial charge in [0.15, 0.2) is 0 Å². The molecule has 0 aliphatic carbocycles. The van der Waals surface area contributed by atoms with Crippen molar-refractivity contribution in [2.24, 2.45) is 5.73 Å². The molecule has 3 heteroatoms. The molecule has 0 amide bonds. The van der Waals surface area contributed by atoms with Crippen molar-refractivity contribution in [3.63, 3.8) is 0 Å². The fraction of sp³-hybridized carbons (Fsp3) is 0.167. The Balaban J connectivity index is 2.38. The lowest BCUT2D eigenvalue weighted by Gasteiger charge is -2.11. The van der Waals surface area contributed by atoms with E-state index in [4.69, 9.17) is 10.2 Å². The number of benzene rings is 1. The first-order valence-electron chi connectivity index (χ1n) is 4.73. The van der Waals surface area contributed by atoms with Gasteiger partial charge in [-0.05, 0) is 36.2 Å². The summed E-state index contributed by atoms with van der Waals surface area (Å²) < 4.78 is 6.31. The van der Waals surface area contributed by atoms with E-state index in [0.29, 0.717) is 0 Å². The van der Waals surface area contributed by atoms with E-state index in [-0.39, 0.29) is 6.04 Å². The second-order valence-corrected chi connectivity index (χ2v) is 4.37. The van der Waals surface area contributed by atoms with Crippen molar-refractivity contribution >= 4 is 15.9 Å². The molecule has 1 aromatic heterocycles. The Hall–Kier alpha value is -1.06. The molecule has 1 aromatic carbocycles. The van der Waals surface area contributed by atoms with E-state index in [0.717, 1.165) is 15.8 Å². The number of hydrogen-bond donors (Lipinski definition) is 1. The summed E-state index contributed by atoms with van der Waals surface area (Å²) >= 11 is 3.51. The van der Waals surface area contributed by atoms with Crippen LogP contribution in [0.4, 0.5) is 0 Å². The SMILES string of the molecule is Cc1ccc(C(N)c2ccco2)c(Br)c1. The van der Waals surface area contributed by atoms with E-state index in [9.17, 15) is 0 Å². The summed E-state index contributed by atoms with van der Waals surface area (Å²) in [5.41, 5.74) is 8.33. The van der Waals surface area contributed by atoms with Crippen LogP contribution >= 0.6 is 15.9 Å². The zero-order valence-electron chi connectivity index (χ0n) is 8.41. The molecule has 0 radical (unpaired) electrons. The van der Waals surface area contributed by atoms with Crippen LogP contribution in [0.15, 0.2) is 45.5 Å². The van der Waals surface area contributed by atoms with Crippen molar-refractivity contribution < 1.29 is 4.42 Å². The van der Waals surface area contributed by atoms with Crippen LogP contribution in [0.3, 0.4) is 0 Å². The molecule has 1 unspecified atom stereocenters. The molecule has 2 N–H and O–H groups in total. The third-order valence-corrected chi connectivity index (χ3v) is 3.03. The number of rotatable bonds is 2. The molecule has 0 spiro atoms. The van der Waals surface area contributed by atoms with Gasteiger partial charge in [0.05, 0.1) is 12.3 Å². The highest BCUT2D eigenvalue weighted by Crippen LogP contribution is 2.27. The molecule has 2 aromatic rings. The molecule has 0 saturated carbocycles. The van der Waals surface area contributed by atoms with E-state index in [1.165, 1.54) is 5.56 Å². The predicted molar refractivity (Wildman–Crippen MR) is 63.6 cm³/mol. The Kier molecular flexibility index (Phi) is 2.93. The largest absolute Gasteiger partial charge is 0.467 e.